The van der Waals surface area contributed by atoms with E-state index in [9.17, 15) is 0 Å². The summed E-state index contributed by atoms with van der Waals surface area (Å²) in [6.45, 7) is 0. The molecule has 3 N–H and O–H groups in total. The van der Waals surface area contributed by atoms with Crippen LogP contribution in [0.2, 0.25) is 0 Å². The number of hydrogen-bond acceptors (Lipinski definition) is 2. The molecule has 322 valence electrons. The van der Waals surface area contributed by atoms with Crippen LogP contribution >= 0.6 is 0 Å². The van der Waals surface area contributed by atoms with Gasteiger partial charge in [-0.3, -0.25) is 0 Å². The summed E-state index contributed by atoms with van der Waals surface area (Å²) in [7, 11) is 0. The Balaban J connectivity index is 0.861. The third kappa shape index (κ3) is 6.21. The van der Waals surface area contributed by atoms with Crippen LogP contribution in [0.4, 0.5) is 17.1 Å². The van der Waals surface area contributed by atoms with E-state index in [1.807, 2.05) is 6.07 Å². The number of aromatic nitrogens is 3. The maximum atomic E-state index is 6.33. The molecule has 14 rings (SSSR count). The molecule has 14 aromatic rings. The van der Waals surface area contributed by atoms with Crippen molar-refractivity contribution in [2.45, 2.75) is 0 Å². The van der Waals surface area contributed by atoms with Gasteiger partial charge in [0.2, 0.25) is 0 Å². The van der Waals surface area contributed by atoms with E-state index in [1.54, 1.807) is 0 Å². The van der Waals surface area contributed by atoms with Crippen LogP contribution in [0.25, 0.3) is 104 Å². The third-order valence-corrected chi connectivity index (χ3v) is 16.2. The fraction of sp³-hybridized carbons (Fsp3) is 0. The molecule has 68 heavy (non-hydrogen) atoms. The van der Waals surface area contributed by atoms with Gasteiger partial charge in [-0.05, 0) is 41.1 Å². The Labute approximate surface area is 402 Å². The quantitative estimate of drug-likeness (QED) is 0.123. The van der Waals surface area contributed by atoms with Gasteiger partial charge in [-0.25, -0.2) is 0 Å². The van der Waals surface area contributed by atoms with Gasteiger partial charge < -0.3 is 4.57 Å². The van der Waals surface area contributed by atoms with Crippen molar-refractivity contribution in [3.8, 4) is 17.1 Å². The molecule has 0 bridgehead atoms. The average molecular weight is 983 g/mol. The van der Waals surface area contributed by atoms with Gasteiger partial charge in [0.15, 0.2) is 0 Å². The van der Waals surface area contributed by atoms with Crippen LogP contribution in [0, 0.1) is 7.14 Å². The second-order valence-corrected chi connectivity index (χ2v) is 20.7. The first-order chi connectivity index (χ1) is 33.6. The predicted octanol–water partition coefficient (Wildman–Crippen LogP) is 12.7. The van der Waals surface area contributed by atoms with Crippen LogP contribution in [0.1, 0.15) is 0 Å². The van der Waals surface area contributed by atoms with Crippen molar-refractivity contribution in [3.63, 3.8) is 0 Å². The fourth-order valence-corrected chi connectivity index (χ4v) is 13.0. The van der Waals surface area contributed by atoms with Crippen LogP contribution in [-0.4, -0.2) is 13.7 Å². The Bertz CT molecular complexity index is 4320. The van der Waals surface area contributed by atoms with E-state index in [1.165, 1.54) is 94.1 Å². The van der Waals surface area contributed by atoms with Gasteiger partial charge in [0.1, 0.15) is 0 Å². The summed E-state index contributed by atoms with van der Waals surface area (Å²) in [5.41, 5.74) is 19.9. The molecule has 0 saturated heterocycles. The minimum atomic E-state index is -0.505. The summed E-state index contributed by atoms with van der Waals surface area (Å²) < 4.78 is 9.98. The molecule has 0 unspecified atom stereocenters. The van der Waals surface area contributed by atoms with E-state index in [0.717, 1.165) is 34.1 Å². The first kappa shape index (κ1) is 38.9. The molecule has 0 atom stereocenters. The van der Waals surface area contributed by atoms with E-state index >= 15 is 0 Å². The molecular weight excluding hydrogens is 942 g/mol. The second-order valence-electron chi connectivity index (χ2n) is 17.7. The number of nitrogen functional groups attached to an aromatic ring is 1. The number of nitrogens with two attached hydrogens (primary N) is 1. The summed E-state index contributed by atoms with van der Waals surface area (Å²) in [6.07, 6.45) is 0. The number of nitrogens with one attached hydrogen (secondary N) is 1. The number of halogens is 1. The van der Waals surface area contributed by atoms with E-state index in [0.29, 0.717) is 0 Å². The molecule has 0 radical (unpaired) electrons. The van der Waals surface area contributed by atoms with Crippen LogP contribution in [0.5, 0.6) is 0 Å². The van der Waals surface area contributed by atoms with Gasteiger partial charge in [0.25, 0.3) is 0 Å². The van der Waals surface area contributed by atoms with Crippen molar-refractivity contribution in [3.05, 3.63) is 238 Å². The topological polar surface area (TPSA) is 52.8 Å². The number of para-hydroxylation sites is 3. The molecule has 0 aliphatic rings. The van der Waals surface area contributed by atoms with Crippen molar-refractivity contribution in [2.75, 3.05) is 11.1 Å². The minimum absolute atomic E-state index is 0.505. The number of rotatable bonds is 7. The number of fused-ring (bicyclic) bond motifs is 12. The molecule has 5 nitrogen and oxygen atoms in total. The summed E-state index contributed by atoms with van der Waals surface area (Å²) in [6, 6.07) is 84.1. The number of nitrogens with zero attached hydrogens (tertiary/aromatic N) is 3. The predicted molar refractivity (Wildman–Crippen MR) is 282 cm³/mol. The van der Waals surface area contributed by atoms with E-state index in [-0.39, 0.29) is 0 Å². The van der Waals surface area contributed by atoms with Crippen molar-refractivity contribution in [1.29, 1.82) is 0 Å². The number of anilines is 3. The zero-order chi connectivity index (χ0) is 44.9. The molecule has 3 heterocycles. The molecule has 0 saturated carbocycles. The Morgan fingerprint density at radius 3 is 1.54 bits per heavy atom. The van der Waals surface area contributed by atoms with Gasteiger partial charge in [-0.2, -0.15) is 0 Å². The zero-order valence-corrected chi connectivity index (χ0v) is 38.9. The van der Waals surface area contributed by atoms with Crippen molar-refractivity contribution in [2.24, 2.45) is 0 Å². The molecular formula is C62H41IN5-. The normalized spacial score (nSPS) is 12.0. The Morgan fingerprint density at radius 1 is 0.309 bits per heavy atom. The molecule has 0 aliphatic heterocycles. The van der Waals surface area contributed by atoms with E-state index in [4.69, 9.17) is 5.73 Å². The Kier molecular flexibility index (Phi) is 8.79. The van der Waals surface area contributed by atoms with Crippen LogP contribution < -0.4 is 32.3 Å². The van der Waals surface area contributed by atoms with Crippen molar-refractivity contribution >= 4 is 104 Å². The summed E-state index contributed by atoms with van der Waals surface area (Å²) in [5.74, 6) is 0. The zero-order valence-electron chi connectivity index (χ0n) is 36.7. The van der Waals surface area contributed by atoms with Crippen LogP contribution in [-0.2, 0) is 0 Å². The van der Waals surface area contributed by atoms with Gasteiger partial charge >= 0.3 is 289 Å². The van der Waals surface area contributed by atoms with Gasteiger partial charge in [0.05, 0.1) is 11.0 Å². The van der Waals surface area contributed by atoms with E-state index < -0.39 is 21.2 Å². The first-order valence-electron chi connectivity index (χ1n) is 23.0. The second kappa shape index (κ2) is 15.4. The number of hydrogen-bond donors (Lipinski definition) is 2. The number of benzene rings is 11. The standard InChI is InChI=1S/C62H41IN5/c64-44-23-30-57-55(37-44)51-27-21-43(36-61(51)67(57)48-16-6-2-7-17-48)63-42-22-29-59-54(35-42)52-26-20-41-32-45(24-28-50(41)62(52)68(59)49-18-8-3-9-19-49)65-46-25-31-58-56(38-46)53-33-39-12-10-11-13-40(39)34-60(53)66(58)47-14-4-1-5-15-47/h1-38,65H,64H2/q-1. The molecule has 0 aliphatic carbocycles. The molecule has 11 aromatic carbocycles. The van der Waals surface area contributed by atoms with Crippen molar-refractivity contribution in [1.82, 2.24) is 13.7 Å². The van der Waals surface area contributed by atoms with Gasteiger partial charge in [-0.1, -0.05) is 42.5 Å². The summed E-state index contributed by atoms with van der Waals surface area (Å²) in [4.78, 5) is 0. The van der Waals surface area contributed by atoms with Gasteiger partial charge in [-0.15, -0.1) is 0 Å². The SMILES string of the molecule is Nc1ccc2c(c1)c1ccc([I-]c3ccc4c(c3)c3ccc5cc(Nc6ccc7c(c6)c6cc8ccccc8cc6n7-c6ccccc6)ccc5c3n4-c3ccccc3)cc1n2-c1ccccc1. The molecule has 3 aromatic heterocycles. The van der Waals surface area contributed by atoms with E-state index in [2.05, 4.69) is 243 Å². The molecule has 0 fully saturated rings. The van der Waals surface area contributed by atoms with Gasteiger partial charge in [0, 0.05) is 16.5 Å². The molecule has 6 heteroatoms. The first-order valence-corrected chi connectivity index (χ1v) is 25.2. The van der Waals surface area contributed by atoms with Crippen molar-refractivity contribution < 1.29 is 21.2 Å². The van der Waals surface area contributed by atoms with Crippen LogP contribution in [0.15, 0.2) is 231 Å². The molecule has 0 amide bonds. The maximum absolute atomic E-state index is 6.33. The average Bonchev–Trinajstić information content (AvgIpc) is 4.00. The summed E-state index contributed by atoms with van der Waals surface area (Å²) >= 11 is -0.505. The van der Waals surface area contributed by atoms with Crippen LogP contribution in [0.3, 0.4) is 0 Å². The Morgan fingerprint density at radius 2 is 0.809 bits per heavy atom. The summed E-state index contributed by atoms with van der Waals surface area (Å²) in [5, 5.41) is 16.1. The fourth-order valence-electron chi connectivity index (χ4n) is 10.6. The Hall–Kier alpha value is -8.33. The molecule has 0 spiro atoms. The monoisotopic (exact) mass is 982 g/mol. The third-order valence-electron chi connectivity index (χ3n) is 13.6.